The van der Waals surface area contributed by atoms with Crippen LogP contribution < -0.4 is 0 Å². The van der Waals surface area contributed by atoms with Crippen LogP contribution in [-0.4, -0.2) is 23.9 Å². The third-order valence-electron chi connectivity index (χ3n) is 4.18. The first-order valence-corrected chi connectivity index (χ1v) is 8.64. The fraction of sp³-hybridized carbons (Fsp3) is 1.00. The van der Waals surface area contributed by atoms with Crippen molar-refractivity contribution in [1.29, 1.82) is 0 Å². The molecule has 1 aliphatic rings. The van der Waals surface area contributed by atoms with Gasteiger partial charge in [0.05, 0.1) is 12.2 Å². The molecule has 114 valence electrons. The number of ether oxygens (including phenoxy) is 1. The molecule has 2 nitrogen and oxygen atoms in total. The minimum Gasteiger partial charge on any atom is -0.396 e. The highest BCUT2D eigenvalue weighted by Crippen LogP contribution is 2.31. The average Bonchev–Trinajstić information content (AvgIpc) is 3.16. The van der Waals surface area contributed by atoms with Gasteiger partial charge in [0, 0.05) is 6.61 Å². The first kappa shape index (κ1) is 17.0. The topological polar surface area (TPSA) is 32.8 Å². The van der Waals surface area contributed by atoms with Gasteiger partial charge in [-0.15, -0.1) is 0 Å². The number of aliphatic hydroxyl groups is 1. The molecule has 0 radical (unpaired) electrons. The van der Waals surface area contributed by atoms with Crippen LogP contribution in [0.15, 0.2) is 0 Å². The molecule has 0 aromatic heterocycles. The first-order valence-electron chi connectivity index (χ1n) is 8.64. The summed E-state index contributed by atoms with van der Waals surface area (Å²) >= 11 is 0. The smallest absolute Gasteiger partial charge is 0.0841 e. The lowest BCUT2D eigenvalue weighted by Gasteiger charge is -2.00. The molecule has 1 fully saturated rings. The molecule has 1 aliphatic heterocycles. The maximum Gasteiger partial charge on any atom is 0.0841 e. The van der Waals surface area contributed by atoms with Crippen LogP contribution in [0.25, 0.3) is 0 Å². The van der Waals surface area contributed by atoms with E-state index in [0.29, 0.717) is 18.8 Å². The fourth-order valence-corrected chi connectivity index (χ4v) is 2.80. The van der Waals surface area contributed by atoms with E-state index in [1.54, 1.807) is 0 Å². The fourth-order valence-electron chi connectivity index (χ4n) is 2.80. The SMILES string of the molecule is CCCCCCCCCC1OC1CCCCCCO. The molecule has 2 atom stereocenters. The summed E-state index contributed by atoms with van der Waals surface area (Å²) in [5, 5.41) is 8.69. The Morgan fingerprint density at radius 3 is 1.68 bits per heavy atom. The zero-order valence-electron chi connectivity index (χ0n) is 12.9. The minimum atomic E-state index is 0.348. The van der Waals surface area contributed by atoms with Gasteiger partial charge >= 0.3 is 0 Å². The second kappa shape index (κ2) is 11.7. The summed E-state index contributed by atoms with van der Waals surface area (Å²) in [6, 6.07) is 0. The van der Waals surface area contributed by atoms with Gasteiger partial charge in [-0.1, -0.05) is 71.1 Å². The lowest BCUT2D eigenvalue weighted by molar-refractivity contribution is 0.281. The highest BCUT2D eigenvalue weighted by Gasteiger charge is 2.36. The molecule has 0 aliphatic carbocycles. The van der Waals surface area contributed by atoms with Crippen molar-refractivity contribution in [1.82, 2.24) is 0 Å². The molecule has 0 spiro atoms. The Labute approximate surface area is 119 Å². The van der Waals surface area contributed by atoms with Crippen LogP contribution in [0.1, 0.15) is 90.4 Å². The van der Waals surface area contributed by atoms with Gasteiger partial charge in [0.1, 0.15) is 0 Å². The van der Waals surface area contributed by atoms with Crippen molar-refractivity contribution in [3.63, 3.8) is 0 Å². The van der Waals surface area contributed by atoms with Crippen LogP contribution in [-0.2, 0) is 4.74 Å². The van der Waals surface area contributed by atoms with Crippen LogP contribution in [0.3, 0.4) is 0 Å². The van der Waals surface area contributed by atoms with E-state index in [0.717, 1.165) is 6.42 Å². The maximum atomic E-state index is 8.69. The Morgan fingerprint density at radius 2 is 1.16 bits per heavy atom. The number of unbranched alkanes of at least 4 members (excludes halogenated alkanes) is 9. The van der Waals surface area contributed by atoms with Gasteiger partial charge < -0.3 is 9.84 Å². The number of hydrogen-bond donors (Lipinski definition) is 1. The third kappa shape index (κ3) is 9.45. The minimum absolute atomic E-state index is 0.348. The predicted molar refractivity (Wildman–Crippen MR) is 81.4 cm³/mol. The molecule has 0 aromatic rings. The maximum absolute atomic E-state index is 8.69. The van der Waals surface area contributed by atoms with Crippen molar-refractivity contribution in [2.75, 3.05) is 6.61 Å². The summed E-state index contributed by atoms with van der Waals surface area (Å²) in [5.74, 6) is 0. The Balaban J connectivity index is 1.76. The Bertz CT molecular complexity index is 194. The van der Waals surface area contributed by atoms with Gasteiger partial charge in [-0.05, 0) is 19.3 Å². The third-order valence-corrected chi connectivity index (χ3v) is 4.18. The molecule has 1 N–H and O–H groups in total. The van der Waals surface area contributed by atoms with Crippen molar-refractivity contribution in [2.24, 2.45) is 0 Å². The molecule has 0 bridgehead atoms. The number of aliphatic hydroxyl groups excluding tert-OH is 1. The van der Waals surface area contributed by atoms with Gasteiger partial charge in [-0.2, -0.15) is 0 Å². The average molecular weight is 270 g/mol. The number of rotatable bonds is 14. The van der Waals surface area contributed by atoms with E-state index in [9.17, 15) is 0 Å². The normalized spacial score (nSPS) is 21.8. The van der Waals surface area contributed by atoms with Gasteiger partial charge in [-0.3, -0.25) is 0 Å². The Hall–Kier alpha value is -0.0800. The lowest BCUT2D eigenvalue weighted by Crippen LogP contribution is -1.95. The number of epoxide rings is 1. The van der Waals surface area contributed by atoms with Crippen LogP contribution >= 0.6 is 0 Å². The summed E-state index contributed by atoms with van der Waals surface area (Å²) in [5.41, 5.74) is 0. The molecule has 1 saturated heterocycles. The van der Waals surface area contributed by atoms with Gasteiger partial charge in [0.25, 0.3) is 0 Å². The lowest BCUT2D eigenvalue weighted by atomic mass is 10.0. The van der Waals surface area contributed by atoms with Gasteiger partial charge in [0.15, 0.2) is 0 Å². The second-order valence-electron chi connectivity index (χ2n) is 6.05. The van der Waals surface area contributed by atoms with Crippen LogP contribution in [0.4, 0.5) is 0 Å². The number of hydrogen-bond acceptors (Lipinski definition) is 2. The largest absolute Gasteiger partial charge is 0.396 e. The Kier molecular flexibility index (Phi) is 10.5. The molecule has 19 heavy (non-hydrogen) atoms. The summed E-state index contributed by atoms with van der Waals surface area (Å²) < 4.78 is 5.72. The summed E-state index contributed by atoms with van der Waals surface area (Å²) in [7, 11) is 0. The first-order chi connectivity index (χ1) is 9.38. The summed E-state index contributed by atoms with van der Waals surface area (Å²) in [6.45, 7) is 2.62. The monoisotopic (exact) mass is 270 g/mol. The van der Waals surface area contributed by atoms with E-state index in [2.05, 4.69) is 6.92 Å². The van der Waals surface area contributed by atoms with E-state index in [4.69, 9.17) is 9.84 Å². The van der Waals surface area contributed by atoms with Crippen molar-refractivity contribution in [3.8, 4) is 0 Å². The molecule has 1 heterocycles. The second-order valence-corrected chi connectivity index (χ2v) is 6.05. The van der Waals surface area contributed by atoms with Crippen LogP contribution in [0, 0.1) is 0 Å². The van der Waals surface area contributed by atoms with E-state index >= 15 is 0 Å². The van der Waals surface area contributed by atoms with Crippen molar-refractivity contribution in [3.05, 3.63) is 0 Å². The quantitative estimate of drug-likeness (QED) is 0.362. The molecular weight excluding hydrogens is 236 g/mol. The van der Waals surface area contributed by atoms with Crippen LogP contribution in [0.5, 0.6) is 0 Å². The van der Waals surface area contributed by atoms with Crippen molar-refractivity contribution >= 4 is 0 Å². The molecular formula is C17H34O2. The molecule has 0 amide bonds. The standard InChI is InChI=1S/C17H34O2/c1-2-3-4-5-6-7-10-13-16-17(19-16)14-11-8-9-12-15-18/h16-18H,2-15H2,1H3. The van der Waals surface area contributed by atoms with E-state index < -0.39 is 0 Å². The van der Waals surface area contributed by atoms with Crippen molar-refractivity contribution in [2.45, 2.75) is 103 Å². The van der Waals surface area contributed by atoms with E-state index in [1.165, 1.54) is 77.0 Å². The van der Waals surface area contributed by atoms with Gasteiger partial charge in [-0.25, -0.2) is 0 Å². The summed E-state index contributed by atoms with van der Waals surface area (Å²) in [4.78, 5) is 0. The molecule has 0 aromatic carbocycles. The zero-order chi connectivity index (χ0) is 13.8. The zero-order valence-corrected chi connectivity index (χ0v) is 12.9. The van der Waals surface area contributed by atoms with Crippen LogP contribution in [0.2, 0.25) is 0 Å². The highest BCUT2D eigenvalue weighted by atomic mass is 16.6. The van der Waals surface area contributed by atoms with Gasteiger partial charge in [0.2, 0.25) is 0 Å². The summed E-state index contributed by atoms with van der Waals surface area (Å²) in [6.07, 6.45) is 18.1. The molecule has 2 heteroatoms. The molecule has 1 rings (SSSR count). The van der Waals surface area contributed by atoms with Crippen molar-refractivity contribution < 1.29 is 9.84 Å². The Morgan fingerprint density at radius 1 is 0.684 bits per heavy atom. The molecule has 0 saturated carbocycles. The van der Waals surface area contributed by atoms with E-state index in [1.807, 2.05) is 0 Å². The highest BCUT2D eigenvalue weighted by molar-refractivity contribution is 4.84. The predicted octanol–water partition coefficient (Wildman–Crippen LogP) is 4.84. The molecule has 2 unspecified atom stereocenters. The van der Waals surface area contributed by atoms with E-state index in [-0.39, 0.29) is 0 Å².